The average molecular weight is 419 g/mol. The Morgan fingerprint density at radius 1 is 1.19 bits per heavy atom. The van der Waals surface area contributed by atoms with E-state index in [9.17, 15) is 4.79 Å². The number of aromatic nitrogens is 5. The Labute approximate surface area is 158 Å². The maximum Gasteiger partial charge on any atom is 0.267 e. The van der Waals surface area contributed by atoms with Crippen molar-refractivity contribution < 1.29 is 4.42 Å². The van der Waals surface area contributed by atoms with E-state index in [-0.39, 0.29) is 11.6 Å². The van der Waals surface area contributed by atoms with Gasteiger partial charge in [-0.25, -0.2) is 14.3 Å². The van der Waals surface area contributed by atoms with Crippen molar-refractivity contribution in [2.45, 2.75) is 44.3 Å². The molecule has 1 aliphatic rings. The van der Waals surface area contributed by atoms with E-state index in [1.165, 1.54) is 6.33 Å². The summed E-state index contributed by atoms with van der Waals surface area (Å²) >= 11 is 3.31. The molecule has 3 aromatic rings. The number of nitrogens with zero attached hydrogens (tertiary/aromatic N) is 5. The van der Waals surface area contributed by atoms with Crippen LogP contribution in [0.4, 0.5) is 0 Å². The number of halogens is 1. The summed E-state index contributed by atoms with van der Waals surface area (Å²) in [6.07, 6.45) is 6.83. The molecule has 9 heteroatoms. The van der Waals surface area contributed by atoms with Crippen LogP contribution in [0.25, 0.3) is 5.82 Å². The zero-order valence-corrected chi connectivity index (χ0v) is 15.7. The Balaban J connectivity index is 1.38. The van der Waals surface area contributed by atoms with Crippen LogP contribution in [-0.4, -0.2) is 30.6 Å². The molecular formula is C17H19BrN6O2. The van der Waals surface area contributed by atoms with E-state index in [4.69, 9.17) is 4.42 Å². The van der Waals surface area contributed by atoms with E-state index in [0.29, 0.717) is 18.4 Å². The van der Waals surface area contributed by atoms with Crippen molar-refractivity contribution in [3.8, 4) is 5.82 Å². The first-order valence-electron chi connectivity index (χ1n) is 8.61. The van der Waals surface area contributed by atoms with E-state index in [2.05, 4.69) is 36.4 Å². The highest BCUT2D eigenvalue weighted by molar-refractivity contribution is 9.10. The number of hydrogen-bond donors (Lipinski definition) is 1. The molecule has 26 heavy (non-hydrogen) atoms. The zero-order valence-electron chi connectivity index (χ0n) is 14.1. The summed E-state index contributed by atoms with van der Waals surface area (Å²) in [5.74, 6) is 1.52. The van der Waals surface area contributed by atoms with Gasteiger partial charge in [0.25, 0.3) is 5.56 Å². The van der Waals surface area contributed by atoms with Gasteiger partial charge >= 0.3 is 0 Å². The summed E-state index contributed by atoms with van der Waals surface area (Å²) in [5.41, 5.74) is -0.0780. The van der Waals surface area contributed by atoms with Crippen LogP contribution in [0.15, 0.2) is 50.8 Å². The second-order valence-corrected chi connectivity index (χ2v) is 7.19. The lowest BCUT2D eigenvalue weighted by molar-refractivity contribution is 0.264. The van der Waals surface area contributed by atoms with Crippen molar-refractivity contribution in [2.24, 2.45) is 0 Å². The number of rotatable bonds is 5. The predicted molar refractivity (Wildman–Crippen MR) is 98.0 cm³/mol. The molecule has 0 spiro atoms. The SMILES string of the molecule is O=c1ccc(-n2cncn2)nn1C1CCC(NCc2ccc(Br)o2)CC1. The van der Waals surface area contributed by atoms with E-state index in [1.807, 2.05) is 12.1 Å². The van der Waals surface area contributed by atoms with Crippen LogP contribution in [-0.2, 0) is 6.54 Å². The molecule has 0 saturated heterocycles. The van der Waals surface area contributed by atoms with Crippen molar-refractivity contribution >= 4 is 15.9 Å². The third-order valence-corrected chi connectivity index (χ3v) is 5.13. The van der Waals surface area contributed by atoms with Gasteiger partial charge in [0.1, 0.15) is 18.4 Å². The summed E-state index contributed by atoms with van der Waals surface area (Å²) in [7, 11) is 0. The van der Waals surface area contributed by atoms with Crippen molar-refractivity contribution in [2.75, 3.05) is 0 Å². The molecule has 0 aromatic carbocycles. The lowest BCUT2D eigenvalue weighted by atomic mass is 9.91. The Bertz CT molecular complexity index is 911. The fraction of sp³-hybridized carbons (Fsp3) is 0.412. The van der Waals surface area contributed by atoms with Crippen LogP contribution >= 0.6 is 15.9 Å². The molecule has 1 saturated carbocycles. The van der Waals surface area contributed by atoms with Gasteiger partial charge in [0, 0.05) is 12.1 Å². The fourth-order valence-corrected chi connectivity index (χ4v) is 3.68. The van der Waals surface area contributed by atoms with Crippen LogP contribution in [0.2, 0.25) is 0 Å². The van der Waals surface area contributed by atoms with Gasteiger partial charge < -0.3 is 9.73 Å². The molecule has 136 valence electrons. The van der Waals surface area contributed by atoms with E-state index in [0.717, 1.165) is 36.1 Å². The van der Waals surface area contributed by atoms with Gasteiger partial charge in [-0.3, -0.25) is 4.79 Å². The van der Waals surface area contributed by atoms with Gasteiger partial charge in [-0.2, -0.15) is 5.10 Å². The highest BCUT2D eigenvalue weighted by Crippen LogP contribution is 2.27. The van der Waals surface area contributed by atoms with Gasteiger partial charge in [0.15, 0.2) is 10.5 Å². The molecule has 1 aliphatic carbocycles. The fourth-order valence-electron chi connectivity index (χ4n) is 3.34. The third-order valence-electron chi connectivity index (χ3n) is 4.70. The first kappa shape index (κ1) is 17.2. The molecular weight excluding hydrogens is 400 g/mol. The van der Waals surface area contributed by atoms with Crippen molar-refractivity contribution in [1.29, 1.82) is 0 Å². The summed E-state index contributed by atoms with van der Waals surface area (Å²) < 4.78 is 9.41. The van der Waals surface area contributed by atoms with E-state index in [1.54, 1.807) is 27.8 Å². The smallest absolute Gasteiger partial charge is 0.267 e. The van der Waals surface area contributed by atoms with Gasteiger partial charge in [-0.05, 0) is 59.8 Å². The second-order valence-electron chi connectivity index (χ2n) is 6.41. The maximum absolute atomic E-state index is 12.3. The minimum Gasteiger partial charge on any atom is -0.453 e. The largest absolute Gasteiger partial charge is 0.453 e. The molecule has 0 bridgehead atoms. The first-order valence-corrected chi connectivity index (χ1v) is 9.41. The molecule has 1 fully saturated rings. The standard InChI is InChI=1S/C17H19BrN6O2/c18-15-6-5-14(26-15)9-20-12-1-3-13(4-2-12)24-17(25)8-7-16(22-24)23-11-19-10-21-23/h5-8,10-13,20H,1-4,9H2. The summed E-state index contributed by atoms with van der Waals surface area (Å²) in [6.45, 7) is 0.709. The number of hydrogen-bond acceptors (Lipinski definition) is 6. The van der Waals surface area contributed by atoms with Crippen LogP contribution in [0.3, 0.4) is 0 Å². The molecule has 3 heterocycles. The van der Waals surface area contributed by atoms with Crippen molar-refractivity contribution in [3.63, 3.8) is 0 Å². The van der Waals surface area contributed by atoms with Gasteiger partial charge in [-0.1, -0.05) is 0 Å². The molecule has 1 N–H and O–H groups in total. The molecule has 0 aliphatic heterocycles. The maximum atomic E-state index is 12.3. The topological polar surface area (TPSA) is 90.8 Å². The third kappa shape index (κ3) is 3.78. The molecule has 0 atom stereocenters. The molecule has 0 unspecified atom stereocenters. The summed E-state index contributed by atoms with van der Waals surface area (Å²) in [5, 5.41) is 12.1. The zero-order chi connectivity index (χ0) is 17.9. The Hall–Kier alpha value is -2.26. The Morgan fingerprint density at radius 2 is 2.04 bits per heavy atom. The average Bonchev–Trinajstić information content (AvgIpc) is 3.33. The van der Waals surface area contributed by atoms with Gasteiger partial charge in [-0.15, -0.1) is 5.10 Å². The quantitative estimate of drug-likeness (QED) is 0.683. The van der Waals surface area contributed by atoms with E-state index >= 15 is 0 Å². The van der Waals surface area contributed by atoms with Gasteiger partial charge in [0.2, 0.25) is 0 Å². The highest BCUT2D eigenvalue weighted by atomic mass is 79.9. The molecule has 4 rings (SSSR count). The molecule has 0 amide bonds. The van der Waals surface area contributed by atoms with Crippen molar-refractivity contribution in [1.82, 2.24) is 29.9 Å². The first-order chi connectivity index (χ1) is 12.7. The summed E-state index contributed by atoms with van der Waals surface area (Å²) in [6, 6.07) is 7.60. The minimum absolute atomic E-state index is 0.0780. The van der Waals surface area contributed by atoms with Gasteiger partial charge in [0.05, 0.1) is 12.6 Å². The lowest BCUT2D eigenvalue weighted by Crippen LogP contribution is -2.36. The second kappa shape index (κ2) is 7.55. The van der Waals surface area contributed by atoms with Crippen molar-refractivity contribution in [3.05, 3.63) is 57.7 Å². The lowest BCUT2D eigenvalue weighted by Gasteiger charge is -2.29. The molecule has 0 radical (unpaired) electrons. The predicted octanol–water partition coefficient (Wildman–Crippen LogP) is 2.45. The van der Waals surface area contributed by atoms with Crippen LogP contribution < -0.4 is 10.9 Å². The monoisotopic (exact) mass is 418 g/mol. The van der Waals surface area contributed by atoms with Crippen LogP contribution in [0, 0.1) is 0 Å². The number of furan rings is 1. The Morgan fingerprint density at radius 3 is 2.73 bits per heavy atom. The Kier molecular flexibility index (Phi) is 4.98. The summed E-state index contributed by atoms with van der Waals surface area (Å²) in [4.78, 5) is 16.2. The molecule has 3 aromatic heterocycles. The molecule has 8 nitrogen and oxygen atoms in total. The highest BCUT2D eigenvalue weighted by Gasteiger charge is 2.24. The van der Waals surface area contributed by atoms with E-state index < -0.39 is 0 Å². The minimum atomic E-state index is -0.0780. The van der Waals surface area contributed by atoms with Crippen LogP contribution in [0.5, 0.6) is 0 Å². The van der Waals surface area contributed by atoms with Crippen LogP contribution in [0.1, 0.15) is 37.5 Å². The normalized spacial score (nSPS) is 20.3. The number of nitrogens with one attached hydrogen (secondary N) is 1.